The van der Waals surface area contributed by atoms with Crippen molar-refractivity contribution in [3.05, 3.63) is 0 Å². The molecule has 12 fully saturated rings. The lowest BCUT2D eigenvalue weighted by atomic mass is 9.90. The largest absolute Gasteiger partial charge is 0.328 e. The van der Waals surface area contributed by atoms with Crippen LogP contribution in [-0.2, 0) is 0 Å². The standard InChI is InChI=1S/C12H24S.C11H24N2.2C11H23NS.2C11H22S.2C10H22N2.C10H21N.C9H20N2.C9H19NS.C9H19N.6CH4/c1-10-7-5-6-8-11(10)13-9-12(2,3)4;1-11(2,3)13-8-6-10(7-9-13)12(4)5;1-11(2,3)8-13-10-6-4-9(12)5-7-10;1-11(2,3)8-13-10-6-4-5-9(12)7-10;1-9-5-6-10(7-9)12-8-11(2,3)4;1-11(2,3)9-12-10-7-5-4-6-8-10;1-10(2,3)12-7-6-9(8-12)11(4)5;1-10(2,3)12-7-5-9(11-4)6-8-12;1-9-5-7-11(8-6-9)10(2,3)4;1-9(2,3)11-6-5-8(7-11)10-4;1-9(2,3)7-11-8-4-5-10-6-8;1-8-5-6-10(7-8)9(2,3)4;;;;;;/h10-11H,5-9H2,1-4H3;10H,6-9H2,1-5H3;2*9-10H,4-8,12H2,1-3H3;9-10H,5-8H2,1-4H3;10H,4-9H2,1-3H3;9H,6-8H2,1-5H3;9,11H,5-8H2,1-4H3;9H,5-8H2,1-4H3;8,10H,5-7H2,1-4H3;8,10H,4-7H2,1-3H3;8H,5-7H2,1-4H3;6*1H4. The molecule has 7 N–H and O–H groups in total. The Morgan fingerprint density at radius 3 is 0.893 bits per heavy atom. The van der Waals surface area contributed by atoms with E-state index in [0.29, 0.717) is 83.8 Å². The Bertz CT molecular complexity index is 3020. The number of nitrogens with zero attached hydrogens (tertiary/aromatic N) is 8. The minimum atomic E-state index is 0. The van der Waals surface area contributed by atoms with Crippen molar-refractivity contribution in [3.8, 4) is 0 Å². The van der Waals surface area contributed by atoms with Gasteiger partial charge < -0.3 is 37.2 Å². The Labute approximate surface area is 969 Å². The van der Waals surface area contributed by atoms with Crippen molar-refractivity contribution in [1.29, 1.82) is 0 Å². The van der Waals surface area contributed by atoms with Gasteiger partial charge in [0.1, 0.15) is 0 Å². The van der Waals surface area contributed by atoms with Gasteiger partial charge in [0.15, 0.2) is 0 Å². The fourth-order valence-corrected chi connectivity index (χ4v) is 28.6. The number of thioether (sulfide) groups is 6. The molecule has 10 atom stereocenters. The van der Waals surface area contributed by atoms with E-state index in [1.165, 1.54) is 319 Å². The molecule has 5 aliphatic carbocycles. The summed E-state index contributed by atoms with van der Waals surface area (Å²) >= 11 is 13.0. The molecule has 0 spiro atoms. The zero-order valence-corrected chi connectivity index (χ0v) is 110. The van der Waals surface area contributed by atoms with Gasteiger partial charge in [0.05, 0.1) is 0 Å². The minimum Gasteiger partial charge on any atom is -0.328 e. The van der Waals surface area contributed by atoms with E-state index in [2.05, 4.69) is 445 Å². The number of hydrogen-bond acceptors (Lipinski definition) is 19. The zero-order valence-electron chi connectivity index (χ0n) is 105. The molecule has 5 saturated carbocycles. The van der Waals surface area contributed by atoms with Crippen LogP contribution in [0.15, 0.2) is 0 Å². The second-order valence-electron chi connectivity index (χ2n) is 60.4. The average Bonchev–Trinajstić information content (AvgIpc) is 1.60. The Morgan fingerprint density at radius 1 is 0.262 bits per heavy atom. The summed E-state index contributed by atoms with van der Waals surface area (Å²) in [6.07, 6.45) is 41.3. The van der Waals surface area contributed by atoms with Crippen LogP contribution < -0.4 is 27.4 Å². The molecule has 7 aliphatic heterocycles. The van der Waals surface area contributed by atoms with E-state index in [4.69, 9.17) is 11.5 Å². The van der Waals surface area contributed by atoms with Gasteiger partial charge in [0, 0.05) is 166 Å². The molecule has 13 nitrogen and oxygen atoms in total. The zero-order chi connectivity index (χ0) is 110. The molecule has 0 bridgehead atoms. The number of nitrogens with one attached hydrogen (secondary N) is 3. The van der Waals surface area contributed by atoms with E-state index >= 15 is 0 Å². The minimum absolute atomic E-state index is 0. The third-order valence-electron chi connectivity index (χ3n) is 30.6. The van der Waals surface area contributed by atoms with Crippen LogP contribution >= 0.6 is 70.6 Å². The summed E-state index contributed by atoms with van der Waals surface area (Å²) in [5.41, 5.74) is 17.0. The van der Waals surface area contributed by atoms with Crippen molar-refractivity contribution in [2.75, 3.05) is 168 Å². The highest BCUT2D eigenvalue weighted by atomic mass is 32.2. The van der Waals surface area contributed by atoms with Crippen LogP contribution in [-0.4, -0.2) is 309 Å². The average molecular weight is 2220 g/mol. The summed E-state index contributed by atoms with van der Waals surface area (Å²) in [6.45, 7) is 110. The Hall–Kier alpha value is 1.58. The molecule has 0 radical (unpaired) electrons. The fourth-order valence-electron chi connectivity index (χ4n) is 20.1. The van der Waals surface area contributed by atoms with Crippen molar-refractivity contribution >= 4 is 70.6 Å². The summed E-state index contributed by atoms with van der Waals surface area (Å²) in [5, 5.41) is 15.6. The van der Waals surface area contributed by atoms with Crippen molar-refractivity contribution in [2.24, 2.45) is 67.6 Å². The third kappa shape index (κ3) is 83.5. The molecule has 12 rings (SSSR count). The number of nitrogens with two attached hydrogens (primary N) is 2. The van der Waals surface area contributed by atoms with Crippen molar-refractivity contribution in [3.63, 3.8) is 0 Å². The van der Waals surface area contributed by atoms with Crippen molar-refractivity contribution in [1.82, 2.24) is 55.1 Å². The summed E-state index contributed by atoms with van der Waals surface area (Å²) in [5.74, 6) is 11.6. The summed E-state index contributed by atoms with van der Waals surface area (Å²) in [7, 11) is 12.9. The topological polar surface area (TPSA) is 114 Å². The second-order valence-corrected chi connectivity index (χ2v) is 68.0. The van der Waals surface area contributed by atoms with Crippen LogP contribution in [0, 0.1) is 56.2 Å². The lowest BCUT2D eigenvalue weighted by molar-refractivity contribution is 0.0729. The normalized spacial score (nSPS) is 25.9. The predicted molar refractivity (Wildman–Crippen MR) is 707 cm³/mol. The number of likely N-dealkylation sites (tertiary alicyclic amines) is 6. The molecule has 149 heavy (non-hydrogen) atoms. The molecule has 12 aliphatic rings. The van der Waals surface area contributed by atoms with E-state index < -0.39 is 0 Å². The van der Waals surface area contributed by atoms with E-state index in [1.807, 2.05) is 0 Å². The number of rotatable bonds is 16. The number of piperidine rings is 3. The lowest BCUT2D eigenvalue weighted by Crippen LogP contribution is -2.49. The van der Waals surface area contributed by atoms with Crippen LogP contribution in [0.5, 0.6) is 0 Å². The maximum atomic E-state index is 5.95. The first-order valence-corrected chi connectivity index (χ1v) is 65.8. The van der Waals surface area contributed by atoms with Crippen molar-refractivity contribution in [2.45, 2.75) is 615 Å². The van der Waals surface area contributed by atoms with Crippen LogP contribution in [0.3, 0.4) is 0 Å². The van der Waals surface area contributed by atoms with Gasteiger partial charge in [-0.15, -0.1) is 0 Å². The first-order valence-electron chi connectivity index (χ1n) is 59.6. The molecule has 7 saturated heterocycles. The Balaban J connectivity index is -0.000000373. The Morgan fingerprint density at radius 2 is 0.570 bits per heavy atom. The van der Waals surface area contributed by atoms with Crippen molar-refractivity contribution < 1.29 is 0 Å². The fraction of sp³-hybridized carbons (Fsp3) is 1.00. The number of hydrogen-bond donors (Lipinski definition) is 5. The lowest BCUT2D eigenvalue weighted by Gasteiger charge is -2.42. The molecular weight excluding hydrogens is 1940 g/mol. The maximum absolute atomic E-state index is 5.95. The highest BCUT2D eigenvalue weighted by Crippen LogP contribution is 2.41. The predicted octanol–water partition coefficient (Wildman–Crippen LogP) is 34.8. The molecular formula is C130H285N13S6. The van der Waals surface area contributed by atoms with Gasteiger partial charge in [-0.25, -0.2) is 0 Å². The summed E-state index contributed by atoms with van der Waals surface area (Å²) in [6, 6.07) is 4.01. The van der Waals surface area contributed by atoms with E-state index in [-0.39, 0.29) is 44.6 Å². The molecule has 0 aromatic carbocycles. The van der Waals surface area contributed by atoms with Crippen LogP contribution in [0.1, 0.15) is 514 Å². The molecule has 19 heteroatoms. The second kappa shape index (κ2) is 78.9. The van der Waals surface area contributed by atoms with Crippen LogP contribution in [0.25, 0.3) is 0 Å². The Kier molecular flexibility index (Phi) is 85.3. The maximum Gasteiger partial charge on any atom is 0.0229 e. The molecule has 0 aromatic rings. The van der Waals surface area contributed by atoms with Gasteiger partial charge in [-0.3, -0.25) is 29.4 Å². The van der Waals surface area contributed by atoms with E-state index in [9.17, 15) is 0 Å². The smallest absolute Gasteiger partial charge is 0.0229 e. The van der Waals surface area contributed by atoms with Gasteiger partial charge in [0.25, 0.3) is 0 Å². The van der Waals surface area contributed by atoms with Gasteiger partial charge >= 0.3 is 0 Å². The van der Waals surface area contributed by atoms with Gasteiger partial charge in [-0.05, 0) is 438 Å². The van der Waals surface area contributed by atoms with Gasteiger partial charge in [0.2, 0.25) is 0 Å². The quantitative estimate of drug-likeness (QED) is 0.101. The highest BCUT2D eigenvalue weighted by Gasteiger charge is 2.36. The molecule has 10 unspecified atom stereocenters. The highest BCUT2D eigenvalue weighted by molar-refractivity contribution is 8.01. The van der Waals surface area contributed by atoms with Crippen LogP contribution in [0.4, 0.5) is 0 Å². The number of likely N-dealkylation sites (N-methyl/N-ethyl adjacent to an activating group) is 2. The SMILES string of the molecule is C.C.C.C.C.C.CC(C)(C)CSC1CCC(N)CC1.CC(C)(C)CSC1CCCC(N)C1.CC(C)(C)CSC1CCCCC1.CC(C)(C)CSC1CCNC1.CC1CCC(SCC(C)(C)C)C1.CC1CCCCC1SCC(C)(C)C.CC1CCN(C(C)(C)C)C1.CC1CCN(C(C)(C)C)CC1.CN(C)C1CCN(C(C)(C)C)C1.CN(C)C1CCN(C(C)(C)C)CC1.CNC1CCN(C(C)(C)C)C1.CNC1CCN(C(C)(C)C)CC1. The monoisotopic (exact) mass is 2220 g/mol. The first kappa shape index (κ1) is 161. The molecule has 906 valence electrons. The summed E-state index contributed by atoms with van der Waals surface area (Å²) < 4.78 is 0. The van der Waals surface area contributed by atoms with E-state index in [1.54, 1.807) is 0 Å². The first-order chi connectivity index (χ1) is 65.5. The van der Waals surface area contributed by atoms with E-state index in [0.717, 1.165) is 73.3 Å². The van der Waals surface area contributed by atoms with Gasteiger partial charge in [-0.2, -0.15) is 70.6 Å². The summed E-state index contributed by atoms with van der Waals surface area (Å²) in [4.78, 5) is 20.1. The third-order valence-corrected chi connectivity index (χ3v) is 42.5. The molecule has 0 aromatic heterocycles. The molecule has 0 amide bonds. The van der Waals surface area contributed by atoms with Crippen LogP contribution in [0.2, 0.25) is 0 Å². The van der Waals surface area contributed by atoms with Gasteiger partial charge in [-0.1, -0.05) is 235 Å². The molecule has 7 heterocycles.